The van der Waals surface area contributed by atoms with Crippen molar-refractivity contribution in [1.29, 1.82) is 0 Å². The van der Waals surface area contributed by atoms with Crippen LogP contribution < -0.4 is 15.4 Å². The van der Waals surface area contributed by atoms with Crippen LogP contribution in [0.1, 0.15) is 25.3 Å². The van der Waals surface area contributed by atoms with Crippen LogP contribution in [0.5, 0.6) is 5.75 Å². The van der Waals surface area contributed by atoms with Crippen LogP contribution in [0, 0.1) is 10.1 Å². The topological polar surface area (TPSA) is 132 Å². The molecule has 2 amide bonds. The van der Waals surface area contributed by atoms with E-state index < -0.39 is 16.7 Å². The summed E-state index contributed by atoms with van der Waals surface area (Å²) in [7, 11) is 1.32. The maximum atomic E-state index is 12.0. The van der Waals surface area contributed by atoms with Crippen LogP contribution in [-0.4, -0.2) is 36.7 Å². The van der Waals surface area contributed by atoms with Gasteiger partial charge in [0.1, 0.15) is 12.0 Å². The van der Waals surface area contributed by atoms with E-state index in [4.69, 9.17) is 9.57 Å². The zero-order valence-electron chi connectivity index (χ0n) is 16.7. The molecular weight excluding hydrogens is 392 g/mol. The number of amides is 2. The summed E-state index contributed by atoms with van der Waals surface area (Å²) in [4.78, 5) is 39.0. The molecule has 0 unspecified atom stereocenters. The number of ether oxygens (including phenoxy) is 1. The predicted octanol–water partition coefficient (Wildman–Crippen LogP) is 3.31. The maximum Gasteiger partial charge on any atom is 0.273 e. The van der Waals surface area contributed by atoms with E-state index in [1.807, 2.05) is 32.0 Å². The van der Waals surface area contributed by atoms with E-state index in [0.29, 0.717) is 5.69 Å². The molecule has 0 aromatic heterocycles. The van der Waals surface area contributed by atoms with Crippen molar-refractivity contribution in [3.05, 3.63) is 58.1 Å². The molecule has 2 aromatic carbocycles. The maximum absolute atomic E-state index is 12.0. The molecule has 158 valence electrons. The normalized spacial score (nSPS) is 10.7. The number of nitrogens with one attached hydrogen (secondary N) is 2. The van der Waals surface area contributed by atoms with Gasteiger partial charge in [-0.05, 0) is 23.6 Å². The molecule has 0 spiro atoms. The summed E-state index contributed by atoms with van der Waals surface area (Å²) in [5, 5.41) is 19.5. The second-order valence-electron chi connectivity index (χ2n) is 6.43. The number of nitro groups is 1. The summed E-state index contributed by atoms with van der Waals surface area (Å²) in [5.74, 6) is -0.721. The average Bonchev–Trinajstić information content (AvgIpc) is 2.71. The summed E-state index contributed by atoms with van der Waals surface area (Å²) in [6.07, 6.45) is 0.843. The average molecular weight is 414 g/mol. The highest BCUT2D eigenvalue weighted by molar-refractivity contribution is 6.31. The molecule has 30 heavy (non-hydrogen) atoms. The van der Waals surface area contributed by atoms with Gasteiger partial charge in [0.15, 0.2) is 6.61 Å². The van der Waals surface area contributed by atoms with Crippen molar-refractivity contribution >= 4 is 35.1 Å². The third-order valence-electron chi connectivity index (χ3n) is 3.95. The van der Waals surface area contributed by atoms with Crippen LogP contribution in [0.15, 0.2) is 47.6 Å². The lowest BCUT2D eigenvalue weighted by atomic mass is 10.0. The first-order valence-electron chi connectivity index (χ1n) is 8.99. The zero-order chi connectivity index (χ0) is 22.1. The SMILES string of the molecule is COc1cc([N+](=O)[O-])ccc1NC(=O)/C=N\OCC(=O)Nc1ccccc1C(C)C. The largest absolute Gasteiger partial charge is 0.494 e. The Kier molecular flexibility index (Phi) is 7.86. The summed E-state index contributed by atoms with van der Waals surface area (Å²) in [6.45, 7) is 3.66. The second kappa shape index (κ2) is 10.6. The zero-order valence-corrected chi connectivity index (χ0v) is 16.7. The number of nitrogens with zero attached hydrogens (tertiary/aromatic N) is 2. The third kappa shape index (κ3) is 6.30. The molecule has 2 aromatic rings. The summed E-state index contributed by atoms with van der Waals surface area (Å²) < 4.78 is 5.03. The van der Waals surface area contributed by atoms with Crippen LogP contribution in [0.2, 0.25) is 0 Å². The van der Waals surface area contributed by atoms with Crippen LogP contribution in [-0.2, 0) is 14.4 Å². The number of nitro benzene ring substituents is 1. The number of non-ortho nitro benzene ring substituents is 1. The highest BCUT2D eigenvalue weighted by atomic mass is 16.6. The Labute approximate surface area is 173 Å². The van der Waals surface area contributed by atoms with E-state index >= 15 is 0 Å². The van der Waals surface area contributed by atoms with Gasteiger partial charge in [-0.15, -0.1) is 0 Å². The smallest absolute Gasteiger partial charge is 0.273 e. The molecule has 0 fully saturated rings. The van der Waals surface area contributed by atoms with E-state index in [1.54, 1.807) is 6.07 Å². The summed E-state index contributed by atoms with van der Waals surface area (Å²) in [5.41, 5.74) is 1.73. The first-order valence-corrected chi connectivity index (χ1v) is 8.99. The van der Waals surface area contributed by atoms with Gasteiger partial charge in [0.2, 0.25) is 0 Å². The summed E-state index contributed by atoms with van der Waals surface area (Å²) >= 11 is 0. The Morgan fingerprint density at radius 3 is 2.57 bits per heavy atom. The molecule has 2 N–H and O–H groups in total. The number of carbonyl (C=O) groups excluding carboxylic acids is 2. The number of methoxy groups -OCH3 is 1. The molecule has 0 aliphatic carbocycles. The predicted molar refractivity (Wildman–Crippen MR) is 112 cm³/mol. The van der Waals surface area contributed by atoms with E-state index in [-0.39, 0.29) is 29.6 Å². The Balaban J connectivity index is 1.87. The van der Waals surface area contributed by atoms with Crippen LogP contribution >= 0.6 is 0 Å². The molecular formula is C20H22N4O6. The first kappa shape index (κ1) is 22.3. The number of hydrogen-bond donors (Lipinski definition) is 2. The third-order valence-corrected chi connectivity index (χ3v) is 3.95. The van der Waals surface area contributed by atoms with Crippen molar-refractivity contribution in [3.8, 4) is 5.75 Å². The highest BCUT2D eigenvalue weighted by Gasteiger charge is 2.13. The number of oxime groups is 1. The molecule has 10 nitrogen and oxygen atoms in total. The molecule has 0 aliphatic heterocycles. The Morgan fingerprint density at radius 1 is 1.17 bits per heavy atom. The molecule has 0 saturated carbocycles. The van der Waals surface area contributed by atoms with Gasteiger partial charge in [0.25, 0.3) is 17.5 Å². The standard InChI is InChI=1S/C20H22N4O6/c1-13(2)15-6-4-5-7-16(15)22-20(26)12-30-21-11-19(25)23-17-9-8-14(24(27)28)10-18(17)29-3/h4-11,13H,12H2,1-3H3,(H,22,26)(H,23,25)/b21-11-. The van der Waals surface area contributed by atoms with Crippen LogP contribution in [0.3, 0.4) is 0 Å². The Bertz CT molecular complexity index is 958. The lowest BCUT2D eigenvalue weighted by molar-refractivity contribution is -0.384. The van der Waals surface area contributed by atoms with Gasteiger partial charge in [-0.2, -0.15) is 0 Å². The van der Waals surface area contributed by atoms with Crippen molar-refractivity contribution in [2.75, 3.05) is 24.4 Å². The molecule has 0 radical (unpaired) electrons. The number of rotatable bonds is 9. The molecule has 0 atom stereocenters. The fourth-order valence-corrected chi connectivity index (χ4v) is 2.54. The summed E-state index contributed by atoms with van der Waals surface area (Å²) in [6, 6.07) is 11.2. The molecule has 0 bridgehead atoms. The van der Waals surface area contributed by atoms with Gasteiger partial charge in [-0.25, -0.2) is 0 Å². The monoisotopic (exact) mass is 414 g/mol. The van der Waals surface area contributed by atoms with Gasteiger partial charge < -0.3 is 20.2 Å². The van der Waals surface area contributed by atoms with Crippen molar-refractivity contribution in [2.24, 2.45) is 5.16 Å². The minimum Gasteiger partial charge on any atom is -0.494 e. The molecule has 10 heteroatoms. The quantitative estimate of drug-likeness (QED) is 0.367. The number of benzene rings is 2. The Hall–Kier alpha value is -3.95. The van der Waals surface area contributed by atoms with Gasteiger partial charge >= 0.3 is 0 Å². The molecule has 0 aliphatic rings. The number of para-hydroxylation sites is 1. The lowest BCUT2D eigenvalue weighted by Gasteiger charge is -2.13. The fraction of sp³-hybridized carbons (Fsp3) is 0.250. The minimum atomic E-state index is -0.660. The first-order chi connectivity index (χ1) is 14.3. The second-order valence-corrected chi connectivity index (χ2v) is 6.43. The van der Waals surface area contributed by atoms with Crippen molar-refractivity contribution in [3.63, 3.8) is 0 Å². The Morgan fingerprint density at radius 2 is 1.90 bits per heavy atom. The number of anilines is 2. The van der Waals surface area contributed by atoms with Crippen molar-refractivity contribution in [2.45, 2.75) is 19.8 Å². The van der Waals surface area contributed by atoms with Crippen LogP contribution in [0.4, 0.5) is 17.1 Å². The van der Waals surface area contributed by atoms with Gasteiger partial charge in [0, 0.05) is 11.8 Å². The van der Waals surface area contributed by atoms with Crippen molar-refractivity contribution < 1.29 is 24.1 Å². The fourth-order valence-electron chi connectivity index (χ4n) is 2.54. The van der Waals surface area contributed by atoms with E-state index in [0.717, 1.165) is 11.8 Å². The molecule has 0 saturated heterocycles. The molecule has 0 heterocycles. The minimum absolute atomic E-state index is 0.120. The highest BCUT2D eigenvalue weighted by Crippen LogP contribution is 2.28. The van der Waals surface area contributed by atoms with E-state index in [2.05, 4.69) is 15.8 Å². The lowest BCUT2D eigenvalue weighted by Crippen LogP contribution is -2.19. The molecule has 2 rings (SSSR count). The van der Waals surface area contributed by atoms with Gasteiger partial charge in [0.05, 0.1) is 23.8 Å². The van der Waals surface area contributed by atoms with Gasteiger partial charge in [-0.1, -0.05) is 37.2 Å². The van der Waals surface area contributed by atoms with E-state index in [1.165, 1.54) is 25.3 Å². The number of carbonyl (C=O) groups is 2. The number of hydrogen-bond acceptors (Lipinski definition) is 7. The van der Waals surface area contributed by atoms with E-state index in [9.17, 15) is 19.7 Å². The van der Waals surface area contributed by atoms with Crippen molar-refractivity contribution in [1.82, 2.24) is 0 Å². The van der Waals surface area contributed by atoms with Crippen LogP contribution in [0.25, 0.3) is 0 Å². The van der Waals surface area contributed by atoms with Gasteiger partial charge in [-0.3, -0.25) is 19.7 Å².